The number of halogens is 4. The minimum absolute atomic E-state index is 0.252. The molecular formula is C12H5BrF3NO. The quantitative estimate of drug-likeness (QED) is 0.559. The van der Waals surface area contributed by atoms with Crippen molar-refractivity contribution in [2.75, 3.05) is 0 Å². The summed E-state index contributed by atoms with van der Waals surface area (Å²) in [7, 11) is 0. The number of hydrogen-bond acceptors (Lipinski definition) is 2. The van der Waals surface area contributed by atoms with E-state index in [0.29, 0.717) is 9.86 Å². The van der Waals surface area contributed by atoms with Gasteiger partial charge < -0.3 is 0 Å². The van der Waals surface area contributed by atoms with Crippen LogP contribution in [0.1, 0.15) is 5.56 Å². The van der Waals surface area contributed by atoms with E-state index < -0.39 is 17.4 Å². The summed E-state index contributed by atoms with van der Waals surface area (Å²) in [4.78, 5) is 13.5. The van der Waals surface area contributed by atoms with Gasteiger partial charge in [0.2, 0.25) is 6.08 Å². The van der Waals surface area contributed by atoms with Crippen LogP contribution < -0.4 is 0 Å². The molecule has 0 spiro atoms. The molecule has 18 heavy (non-hydrogen) atoms. The summed E-state index contributed by atoms with van der Waals surface area (Å²) in [6.07, 6.45) is -3.41. The maximum absolute atomic E-state index is 12.9. The van der Waals surface area contributed by atoms with Crippen molar-refractivity contribution >= 4 is 38.5 Å². The number of rotatable bonds is 1. The normalized spacial score (nSPS) is 11.3. The Morgan fingerprint density at radius 3 is 2.33 bits per heavy atom. The number of aliphatic imine (C=N–C) groups is 1. The molecule has 0 aliphatic rings. The van der Waals surface area contributed by atoms with E-state index in [2.05, 4.69) is 20.9 Å². The monoisotopic (exact) mass is 315 g/mol. The molecule has 0 unspecified atom stereocenters. The van der Waals surface area contributed by atoms with Crippen molar-refractivity contribution in [2.45, 2.75) is 6.18 Å². The fourth-order valence-corrected chi connectivity index (χ4v) is 2.27. The molecule has 2 rings (SSSR count). The van der Waals surface area contributed by atoms with Crippen LogP contribution in [-0.2, 0) is 11.0 Å². The third kappa shape index (κ3) is 2.17. The summed E-state index contributed by atoms with van der Waals surface area (Å²) in [5, 5.41) is 0.807. The van der Waals surface area contributed by atoms with Crippen LogP contribution in [0.4, 0.5) is 18.9 Å². The minimum atomic E-state index is -4.58. The summed E-state index contributed by atoms with van der Waals surface area (Å²) in [5.41, 5.74) is -1.37. The molecule has 0 N–H and O–H groups in total. The van der Waals surface area contributed by atoms with Crippen LogP contribution in [0.25, 0.3) is 10.8 Å². The lowest BCUT2D eigenvalue weighted by Crippen LogP contribution is -2.05. The molecular weight excluding hydrogens is 311 g/mol. The molecule has 0 radical (unpaired) electrons. The lowest BCUT2D eigenvalue weighted by Gasteiger charge is -2.12. The van der Waals surface area contributed by atoms with Gasteiger partial charge in [0.1, 0.15) is 0 Å². The van der Waals surface area contributed by atoms with Gasteiger partial charge >= 0.3 is 6.18 Å². The van der Waals surface area contributed by atoms with Crippen molar-refractivity contribution in [3.05, 3.63) is 40.4 Å². The lowest BCUT2D eigenvalue weighted by molar-refractivity contribution is -0.137. The molecule has 2 nitrogen and oxygen atoms in total. The van der Waals surface area contributed by atoms with Crippen molar-refractivity contribution in [2.24, 2.45) is 4.99 Å². The summed E-state index contributed by atoms with van der Waals surface area (Å²) < 4.78 is 38.9. The maximum Gasteiger partial charge on any atom is 0.418 e. The largest absolute Gasteiger partial charge is 0.418 e. The van der Waals surface area contributed by atoms with E-state index in [1.54, 1.807) is 18.2 Å². The molecule has 0 bridgehead atoms. The van der Waals surface area contributed by atoms with Crippen molar-refractivity contribution in [1.82, 2.24) is 0 Å². The molecule has 0 amide bonds. The molecule has 0 aliphatic carbocycles. The summed E-state index contributed by atoms with van der Waals surface area (Å²) in [6.45, 7) is 0. The van der Waals surface area contributed by atoms with E-state index in [4.69, 9.17) is 0 Å². The highest BCUT2D eigenvalue weighted by Crippen LogP contribution is 2.43. The van der Waals surface area contributed by atoms with Crippen LogP contribution >= 0.6 is 15.9 Å². The standard InChI is InChI=1S/C12H5BrF3NO/c13-10-5-9(12(14,15)16)11(17-6-18)8-4-2-1-3-7(8)10/h1-5H. The van der Waals surface area contributed by atoms with Gasteiger partial charge in [-0.1, -0.05) is 40.2 Å². The van der Waals surface area contributed by atoms with Crippen LogP contribution in [0.2, 0.25) is 0 Å². The van der Waals surface area contributed by atoms with Crippen LogP contribution in [0.3, 0.4) is 0 Å². The van der Waals surface area contributed by atoms with Crippen LogP contribution in [0, 0.1) is 0 Å². The first-order chi connectivity index (χ1) is 8.45. The van der Waals surface area contributed by atoms with Gasteiger partial charge in [-0.3, -0.25) is 0 Å². The topological polar surface area (TPSA) is 29.4 Å². The second kappa shape index (κ2) is 4.55. The fraction of sp³-hybridized carbons (Fsp3) is 0.0833. The summed E-state index contributed by atoms with van der Waals surface area (Å²) in [6, 6.07) is 7.31. The Labute approximate surface area is 108 Å². The van der Waals surface area contributed by atoms with Gasteiger partial charge in [0.25, 0.3) is 0 Å². The van der Waals surface area contributed by atoms with E-state index in [-0.39, 0.29) is 5.39 Å². The fourth-order valence-electron chi connectivity index (χ4n) is 1.70. The number of benzene rings is 2. The van der Waals surface area contributed by atoms with Gasteiger partial charge in [-0.15, -0.1) is 0 Å². The first-order valence-electron chi connectivity index (χ1n) is 4.81. The van der Waals surface area contributed by atoms with Crippen molar-refractivity contribution < 1.29 is 18.0 Å². The Morgan fingerprint density at radius 2 is 1.78 bits per heavy atom. The number of hydrogen-bond donors (Lipinski definition) is 0. The van der Waals surface area contributed by atoms with Gasteiger partial charge in [-0.05, 0) is 11.5 Å². The molecule has 0 aromatic heterocycles. The molecule has 0 atom stereocenters. The van der Waals surface area contributed by atoms with Crippen molar-refractivity contribution in [3.63, 3.8) is 0 Å². The molecule has 92 valence electrons. The molecule has 0 fully saturated rings. The zero-order valence-corrected chi connectivity index (χ0v) is 10.3. The zero-order valence-electron chi connectivity index (χ0n) is 8.75. The van der Waals surface area contributed by atoms with Crippen LogP contribution in [0.15, 0.2) is 39.8 Å². The van der Waals surface area contributed by atoms with Gasteiger partial charge in [0.05, 0.1) is 11.3 Å². The Morgan fingerprint density at radius 1 is 1.17 bits per heavy atom. The average molecular weight is 316 g/mol. The molecule has 6 heteroatoms. The lowest BCUT2D eigenvalue weighted by atomic mass is 10.0. The first kappa shape index (κ1) is 12.8. The average Bonchev–Trinajstić information content (AvgIpc) is 2.31. The Balaban J connectivity index is 2.96. The van der Waals surface area contributed by atoms with Gasteiger partial charge in [-0.2, -0.15) is 18.2 Å². The number of isocyanates is 1. The molecule has 2 aromatic carbocycles. The van der Waals surface area contributed by atoms with Gasteiger partial charge in [-0.25, -0.2) is 4.79 Å². The van der Waals surface area contributed by atoms with E-state index in [1.807, 2.05) is 0 Å². The maximum atomic E-state index is 12.9. The second-order valence-electron chi connectivity index (χ2n) is 3.50. The Kier molecular flexibility index (Phi) is 3.24. The predicted octanol–water partition coefficient (Wildman–Crippen LogP) is 4.59. The highest BCUT2D eigenvalue weighted by Gasteiger charge is 2.35. The zero-order chi connectivity index (χ0) is 13.3. The van der Waals surface area contributed by atoms with E-state index >= 15 is 0 Å². The predicted molar refractivity (Wildman–Crippen MR) is 64.4 cm³/mol. The summed E-state index contributed by atoms with van der Waals surface area (Å²) in [5.74, 6) is 0. The first-order valence-corrected chi connectivity index (χ1v) is 5.60. The van der Waals surface area contributed by atoms with Crippen molar-refractivity contribution in [3.8, 4) is 0 Å². The SMILES string of the molecule is O=C=Nc1c(C(F)(F)F)cc(Br)c2ccccc12. The highest BCUT2D eigenvalue weighted by molar-refractivity contribution is 9.10. The van der Waals surface area contributed by atoms with E-state index in [1.165, 1.54) is 12.1 Å². The minimum Gasteiger partial charge on any atom is -0.211 e. The molecule has 0 aliphatic heterocycles. The van der Waals surface area contributed by atoms with Crippen LogP contribution in [0.5, 0.6) is 0 Å². The number of alkyl halides is 3. The van der Waals surface area contributed by atoms with E-state index in [0.717, 1.165) is 6.07 Å². The molecule has 2 aromatic rings. The third-order valence-corrected chi connectivity index (χ3v) is 3.08. The molecule has 0 saturated carbocycles. The second-order valence-corrected chi connectivity index (χ2v) is 4.36. The van der Waals surface area contributed by atoms with Crippen LogP contribution in [-0.4, -0.2) is 6.08 Å². The Hall–Kier alpha value is -1.65. The third-order valence-electron chi connectivity index (χ3n) is 2.43. The van der Waals surface area contributed by atoms with Crippen molar-refractivity contribution in [1.29, 1.82) is 0 Å². The number of carbonyl (C=O) groups excluding carboxylic acids is 1. The van der Waals surface area contributed by atoms with Gasteiger partial charge in [0.15, 0.2) is 0 Å². The van der Waals surface area contributed by atoms with E-state index in [9.17, 15) is 18.0 Å². The smallest absolute Gasteiger partial charge is 0.211 e. The number of nitrogens with zero attached hydrogens (tertiary/aromatic N) is 1. The molecule has 0 heterocycles. The summed E-state index contributed by atoms with van der Waals surface area (Å²) >= 11 is 3.09. The van der Waals surface area contributed by atoms with Gasteiger partial charge in [0, 0.05) is 9.86 Å². The Bertz CT molecular complexity index is 660. The number of fused-ring (bicyclic) bond motifs is 1. The molecule has 0 saturated heterocycles. The highest BCUT2D eigenvalue weighted by atomic mass is 79.9.